The quantitative estimate of drug-likeness (QED) is 0.494. The molecule has 0 aromatic rings. The fourth-order valence-electron chi connectivity index (χ4n) is 1.79. The van der Waals surface area contributed by atoms with Gasteiger partial charge in [0.2, 0.25) is 0 Å². The summed E-state index contributed by atoms with van der Waals surface area (Å²) in [6.07, 6.45) is 0. The summed E-state index contributed by atoms with van der Waals surface area (Å²) in [5.41, 5.74) is 1.97. The molecule has 0 heterocycles. The fourth-order valence-corrected chi connectivity index (χ4v) is 5.37. The van der Waals surface area contributed by atoms with Crippen molar-refractivity contribution in [3.63, 3.8) is 0 Å². The van der Waals surface area contributed by atoms with Gasteiger partial charge in [0.1, 0.15) is 6.62 Å². The van der Waals surface area contributed by atoms with Crippen molar-refractivity contribution >= 4 is 17.9 Å². The zero-order valence-corrected chi connectivity index (χ0v) is 12.7. The third-order valence-electron chi connectivity index (χ3n) is 2.37. The van der Waals surface area contributed by atoms with E-state index in [4.69, 9.17) is 11.2 Å². The molecule has 0 aliphatic rings. The zero-order valence-electron chi connectivity index (χ0n) is 8.86. The maximum Gasteiger partial charge on any atom is 0.121 e. The molecule has 0 fully saturated rings. The van der Waals surface area contributed by atoms with E-state index in [1.54, 1.807) is 0 Å². The van der Waals surface area contributed by atoms with Gasteiger partial charge >= 0.3 is 0 Å². The largest absolute Gasteiger partial charge is 0.121 e. The summed E-state index contributed by atoms with van der Waals surface area (Å²) < 4.78 is 0. The second kappa shape index (κ2) is 6.04. The molecule has 0 saturated carbocycles. The van der Waals surface area contributed by atoms with Crippen molar-refractivity contribution in [1.29, 1.82) is 0 Å². The predicted octanol–water partition coefficient (Wildman–Crippen LogP) is 4.38. The van der Waals surface area contributed by atoms with E-state index in [9.17, 15) is 0 Å². The third-order valence-corrected chi connectivity index (χ3v) is 10.6. The Balaban J connectivity index is 0. The van der Waals surface area contributed by atoms with Gasteiger partial charge in [-0.15, -0.1) is 0 Å². The molecule has 0 saturated heterocycles. The van der Waals surface area contributed by atoms with E-state index in [-0.39, 0.29) is 22.4 Å². The summed E-state index contributed by atoms with van der Waals surface area (Å²) in [7, 11) is 0. The van der Waals surface area contributed by atoms with Gasteiger partial charge in [0.05, 0.1) is 28.2 Å². The van der Waals surface area contributed by atoms with Gasteiger partial charge in [-0.1, -0.05) is 0 Å². The standard InChI is InChI=1S/C9H21ClP.Au/c1-7(2)11(10,8(3)4)9(5)6;/h7-9H,1-6H3;/q+1;. The first-order valence-electron chi connectivity index (χ1n) is 4.41. The molecule has 0 aromatic heterocycles. The molecule has 0 rings (SSSR count). The molecule has 0 N–H and O–H groups in total. The fraction of sp³-hybridized carbons (Fsp3) is 1.00. The summed E-state index contributed by atoms with van der Waals surface area (Å²) >= 11 is 6.66. The molecule has 0 aliphatic carbocycles. The summed E-state index contributed by atoms with van der Waals surface area (Å²) in [4.78, 5) is 0. The number of hydrogen-bond acceptors (Lipinski definition) is 0. The maximum atomic E-state index is 6.66. The van der Waals surface area contributed by atoms with E-state index < -0.39 is 6.62 Å². The second-order valence-corrected chi connectivity index (χ2v) is 10.4. The van der Waals surface area contributed by atoms with Gasteiger partial charge in [0, 0.05) is 22.4 Å². The average Bonchev–Trinajstić information content (AvgIpc) is 1.84. The predicted molar refractivity (Wildman–Crippen MR) is 58.2 cm³/mol. The molecule has 12 heavy (non-hydrogen) atoms. The minimum Gasteiger partial charge on any atom is -0.0271 e. The van der Waals surface area contributed by atoms with E-state index in [0.717, 1.165) is 0 Å². The molecule has 0 bridgehead atoms. The average molecular weight is 393 g/mol. The molecular weight excluding hydrogens is 371 g/mol. The number of hydrogen-bond donors (Lipinski definition) is 0. The Morgan fingerprint density at radius 2 is 0.917 bits per heavy atom. The molecule has 0 nitrogen and oxygen atoms in total. The van der Waals surface area contributed by atoms with Crippen molar-refractivity contribution in [2.75, 3.05) is 0 Å². The first-order valence-corrected chi connectivity index (χ1v) is 7.31. The van der Waals surface area contributed by atoms with Crippen LogP contribution in [0, 0.1) is 0 Å². The van der Waals surface area contributed by atoms with Crippen LogP contribution in [0.3, 0.4) is 0 Å². The van der Waals surface area contributed by atoms with Crippen LogP contribution >= 0.6 is 17.9 Å². The van der Waals surface area contributed by atoms with E-state index in [1.807, 2.05) is 0 Å². The van der Waals surface area contributed by atoms with Crippen molar-refractivity contribution < 1.29 is 22.4 Å². The Morgan fingerprint density at radius 3 is 0.917 bits per heavy atom. The first-order chi connectivity index (χ1) is 4.83. The molecule has 0 spiro atoms. The van der Waals surface area contributed by atoms with Crippen molar-refractivity contribution in [1.82, 2.24) is 0 Å². The minimum absolute atomic E-state index is 0. The molecule has 79 valence electrons. The molecule has 0 aromatic carbocycles. The zero-order chi connectivity index (χ0) is 9.23. The molecule has 0 atom stereocenters. The van der Waals surface area contributed by atoms with Gasteiger partial charge in [0.25, 0.3) is 0 Å². The van der Waals surface area contributed by atoms with Crippen LogP contribution in [0.1, 0.15) is 41.5 Å². The van der Waals surface area contributed by atoms with E-state index in [1.165, 1.54) is 0 Å². The van der Waals surface area contributed by atoms with E-state index in [0.29, 0.717) is 17.0 Å². The van der Waals surface area contributed by atoms with Crippen molar-refractivity contribution in [3.8, 4) is 0 Å². The Hall–Kier alpha value is 1.46. The van der Waals surface area contributed by atoms with Gasteiger partial charge in [-0.3, -0.25) is 0 Å². The van der Waals surface area contributed by atoms with Gasteiger partial charge in [-0.05, 0) is 41.5 Å². The third kappa shape index (κ3) is 3.31. The van der Waals surface area contributed by atoms with E-state index >= 15 is 0 Å². The molecule has 1 radical (unpaired) electrons. The van der Waals surface area contributed by atoms with E-state index in [2.05, 4.69) is 41.5 Å². The smallest absolute Gasteiger partial charge is 0.0271 e. The van der Waals surface area contributed by atoms with Crippen LogP contribution in [0.15, 0.2) is 0 Å². The summed E-state index contributed by atoms with van der Waals surface area (Å²) in [5, 5.41) is 0. The molecule has 0 amide bonds. The van der Waals surface area contributed by atoms with Gasteiger partial charge in [-0.2, -0.15) is 0 Å². The van der Waals surface area contributed by atoms with Crippen LogP contribution in [0.25, 0.3) is 0 Å². The number of rotatable bonds is 3. The van der Waals surface area contributed by atoms with Crippen LogP contribution in [0.2, 0.25) is 0 Å². The first kappa shape index (κ1) is 15.9. The van der Waals surface area contributed by atoms with Crippen molar-refractivity contribution in [2.45, 2.75) is 58.5 Å². The van der Waals surface area contributed by atoms with Crippen LogP contribution in [-0.2, 0) is 22.4 Å². The Labute approximate surface area is 98.5 Å². The van der Waals surface area contributed by atoms with Crippen molar-refractivity contribution in [3.05, 3.63) is 0 Å². The Bertz CT molecular complexity index is 102. The van der Waals surface area contributed by atoms with Crippen LogP contribution < -0.4 is 0 Å². The van der Waals surface area contributed by atoms with Crippen LogP contribution in [-0.4, -0.2) is 17.0 Å². The normalized spacial score (nSPS) is 12.5. The summed E-state index contributed by atoms with van der Waals surface area (Å²) in [6, 6.07) is 0. The molecule has 3 heteroatoms. The summed E-state index contributed by atoms with van der Waals surface area (Å²) in [6.45, 7) is 12.3. The topological polar surface area (TPSA) is 0 Å². The Morgan fingerprint density at radius 1 is 0.750 bits per heavy atom. The molecule has 0 unspecified atom stereocenters. The monoisotopic (exact) mass is 392 g/mol. The molecular formula is C9H21AuClP+. The summed E-state index contributed by atoms with van der Waals surface area (Å²) in [5.74, 6) is 0. The molecule has 0 aliphatic heterocycles. The maximum absolute atomic E-state index is 6.66. The number of halogens is 1. The SMILES string of the molecule is CC(C)[P+](Cl)(C(C)C)C(C)C.[Au]. The second-order valence-electron chi connectivity index (χ2n) is 4.02. The van der Waals surface area contributed by atoms with Gasteiger partial charge < -0.3 is 0 Å². The van der Waals surface area contributed by atoms with Crippen LogP contribution in [0.4, 0.5) is 0 Å². The van der Waals surface area contributed by atoms with Crippen LogP contribution in [0.5, 0.6) is 0 Å². The Kier molecular flexibility index (Phi) is 8.01. The van der Waals surface area contributed by atoms with Crippen molar-refractivity contribution in [2.24, 2.45) is 0 Å². The van der Waals surface area contributed by atoms with Gasteiger partial charge in [-0.25, -0.2) is 0 Å². The van der Waals surface area contributed by atoms with Gasteiger partial charge in [0.15, 0.2) is 0 Å². The minimum atomic E-state index is -1.21.